The van der Waals surface area contributed by atoms with E-state index in [-0.39, 0.29) is 0 Å². The number of carboxylic acids is 1. The van der Waals surface area contributed by atoms with Gasteiger partial charge < -0.3 is 5.11 Å². The van der Waals surface area contributed by atoms with E-state index in [1.165, 1.54) is 12.5 Å². The largest absolute Gasteiger partial charge is 0.478 e. The molecule has 1 N–H and O–H groups in total. The van der Waals surface area contributed by atoms with E-state index in [1.54, 1.807) is 0 Å². The van der Waals surface area contributed by atoms with E-state index in [1.807, 2.05) is 0 Å². The van der Waals surface area contributed by atoms with E-state index < -0.39 is 23.3 Å². The van der Waals surface area contributed by atoms with Crippen LogP contribution < -0.4 is 0 Å². The topological polar surface area (TPSA) is 37.3 Å². The summed E-state index contributed by atoms with van der Waals surface area (Å²) in [6.45, 7) is 2.13. The van der Waals surface area contributed by atoms with Crippen molar-refractivity contribution in [3.8, 4) is 0 Å². The third-order valence-electron chi connectivity index (χ3n) is 3.44. The lowest BCUT2D eigenvalue weighted by atomic mass is 9.99. The molecule has 0 saturated carbocycles. The molecule has 1 rings (SSSR count). The fourth-order valence-corrected chi connectivity index (χ4v) is 2.28. The molecule has 0 aliphatic rings. The maximum absolute atomic E-state index is 12.9. The second-order valence-electron chi connectivity index (χ2n) is 5.20. The highest BCUT2D eigenvalue weighted by atomic mass is 19.4. The Balaban J connectivity index is 2.66. The molecule has 118 valence electrons. The molecule has 1 aromatic carbocycles. The van der Waals surface area contributed by atoms with Crippen molar-refractivity contribution in [2.24, 2.45) is 0 Å². The van der Waals surface area contributed by atoms with E-state index in [9.17, 15) is 18.0 Å². The average molecular weight is 302 g/mol. The number of hydrogen-bond donors (Lipinski definition) is 1. The Morgan fingerprint density at radius 3 is 2.29 bits per heavy atom. The quantitative estimate of drug-likeness (QED) is 0.661. The van der Waals surface area contributed by atoms with E-state index in [2.05, 4.69) is 6.92 Å². The molecule has 0 unspecified atom stereocenters. The fourth-order valence-electron chi connectivity index (χ4n) is 2.28. The maximum atomic E-state index is 12.9. The molecule has 0 heterocycles. The van der Waals surface area contributed by atoms with Gasteiger partial charge in [-0.05, 0) is 30.5 Å². The molecule has 0 fully saturated rings. The molecule has 5 heteroatoms. The van der Waals surface area contributed by atoms with Crippen LogP contribution in [0.3, 0.4) is 0 Å². The van der Waals surface area contributed by atoms with Crippen molar-refractivity contribution in [2.45, 2.75) is 58.0 Å². The van der Waals surface area contributed by atoms with Gasteiger partial charge in [0, 0.05) is 0 Å². The number of halogens is 3. The number of aromatic carboxylic acids is 1. The molecule has 0 aliphatic carbocycles. The lowest BCUT2D eigenvalue weighted by molar-refractivity contribution is -0.138. The van der Waals surface area contributed by atoms with Gasteiger partial charge in [-0.15, -0.1) is 0 Å². The van der Waals surface area contributed by atoms with Crippen LogP contribution in [0.4, 0.5) is 13.2 Å². The summed E-state index contributed by atoms with van der Waals surface area (Å²) in [6.07, 6.45) is 2.32. The van der Waals surface area contributed by atoms with Crippen LogP contribution in [0.25, 0.3) is 0 Å². The number of carboxylic acid groups (broad SMARTS) is 1. The molecule has 0 bridgehead atoms. The van der Waals surface area contributed by atoms with Gasteiger partial charge in [0.15, 0.2) is 0 Å². The zero-order valence-electron chi connectivity index (χ0n) is 12.2. The van der Waals surface area contributed by atoms with E-state index in [0.29, 0.717) is 12.0 Å². The van der Waals surface area contributed by atoms with Gasteiger partial charge in [-0.25, -0.2) is 4.79 Å². The van der Waals surface area contributed by atoms with Crippen molar-refractivity contribution in [1.82, 2.24) is 0 Å². The standard InChI is InChI=1S/C16H21F3O2/c1-2-3-4-5-6-7-8-12-9-10-13(15(20)21)14(11-12)16(17,18)19/h9-11H,2-8H2,1H3,(H,20,21). The third-order valence-corrected chi connectivity index (χ3v) is 3.44. The average Bonchev–Trinajstić information content (AvgIpc) is 2.41. The highest BCUT2D eigenvalue weighted by Gasteiger charge is 2.35. The van der Waals surface area contributed by atoms with E-state index >= 15 is 0 Å². The Kier molecular flexibility index (Phi) is 6.72. The Morgan fingerprint density at radius 2 is 1.71 bits per heavy atom. The van der Waals surface area contributed by atoms with Gasteiger partial charge in [0.2, 0.25) is 0 Å². The van der Waals surface area contributed by atoms with Crippen molar-refractivity contribution in [3.63, 3.8) is 0 Å². The molecule has 0 radical (unpaired) electrons. The molecule has 2 nitrogen and oxygen atoms in total. The second kappa shape index (κ2) is 8.05. The van der Waals surface area contributed by atoms with E-state index in [4.69, 9.17) is 5.11 Å². The first-order chi connectivity index (χ1) is 9.86. The summed E-state index contributed by atoms with van der Waals surface area (Å²) < 4.78 is 38.6. The zero-order chi connectivity index (χ0) is 15.9. The van der Waals surface area contributed by atoms with E-state index in [0.717, 1.165) is 44.2 Å². The number of carbonyl (C=O) groups is 1. The predicted molar refractivity (Wildman–Crippen MR) is 75.5 cm³/mol. The summed E-state index contributed by atoms with van der Waals surface area (Å²) in [5, 5.41) is 8.82. The van der Waals surface area contributed by atoms with Crippen molar-refractivity contribution < 1.29 is 23.1 Å². The Morgan fingerprint density at radius 1 is 1.10 bits per heavy atom. The SMILES string of the molecule is CCCCCCCCc1ccc(C(=O)O)c(C(F)(F)F)c1. The minimum atomic E-state index is -4.63. The molecule has 0 saturated heterocycles. The molecular formula is C16H21F3O2. The zero-order valence-corrected chi connectivity index (χ0v) is 12.2. The summed E-state index contributed by atoms with van der Waals surface area (Å²) in [4.78, 5) is 10.8. The molecule has 1 aromatic rings. The minimum absolute atomic E-state index is 0.544. The van der Waals surface area contributed by atoms with Crippen LogP contribution in [0, 0.1) is 0 Å². The first-order valence-corrected chi connectivity index (χ1v) is 7.29. The molecule has 0 aliphatic heterocycles. The van der Waals surface area contributed by atoms with Crippen LogP contribution >= 0.6 is 0 Å². The number of unbranched alkanes of at least 4 members (excludes halogenated alkanes) is 5. The van der Waals surface area contributed by atoms with Crippen LogP contribution in [0.5, 0.6) is 0 Å². The molecule has 0 atom stereocenters. The molecular weight excluding hydrogens is 281 g/mol. The Labute approximate surface area is 123 Å². The summed E-state index contributed by atoms with van der Waals surface area (Å²) in [6, 6.07) is 3.50. The smallest absolute Gasteiger partial charge is 0.417 e. The van der Waals surface area contributed by atoms with Crippen LogP contribution in [0.15, 0.2) is 18.2 Å². The number of benzene rings is 1. The van der Waals surface area contributed by atoms with Crippen molar-refractivity contribution >= 4 is 5.97 Å². The minimum Gasteiger partial charge on any atom is -0.478 e. The molecule has 0 amide bonds. The van der Waals surface area contributed by atoms with Crippen molar-refractivity contribution in [2.75, 3.05) is 0 Å². The first kappa shape index (κ1) is 17.5. The summed E-state index contributed by atoms with van der Waals surface area (Å²) in [5.74, 6) is -1.55. The van der Waals surface area contributed by atoms with Gasteiger partial charge in [-0.3, -0.25) is 0 Å². The summed E-state index contributed by atoms with van der Waals surface area (Å²) in [7, 11) is 0. The normalized spacial score (nSPS) is 11.6. The Bertz CT molecular complexity index is 467. The van der Waals surface area contributed by atoms with Gasteiger partial charge in [-0.1, -0.05) is 45.1 Å². The van der Waals surface area contributed by atoms with Crippen molar-refractivity contribution in [1.29, 1.82) is 0 Å². The predicted octanol–water partition coefficient (Wildman–Crippen LogP) is 5.31. The first-order valence-electron chi connectivity index (χ1n) is 7.29. The highest BCUT2D eigenvalue weighted by Crippen LogP contribution is 2.33. The lowest BCUT2D eigenvalue weighted by Gasteiger charge is -2.12. The summed E-state index contributed by atoms with van der Waals surface area (Å²) in [5.41, 5.74) is -1.20. The Hall–Kier alpha value is -1.52. The van der Waals surface area contributed by atoms with Gasteiger partial charge >= 0.3 is 12.1 Å². The van der Waals surface area contributed by atoms with Gasteiger partial charge in [-0.2, -0.15) is 13.2 Å². The van der Waals surface area contributed by atoms with Gasteiger partial charge in [0.05, 0.1) is 11.1 Å². The van der Waals surface area contributed by atoms with Gasteiger partial charge in [0.25, 0.3) is 0 Å². The highest BCUT2D eigenvalue weighted by molar-refractivity contribution is 5.89. The van der Waals surface area contributed by atoms with Crippen LogP contribution in [-0.2, 0) is 12.6 Å². The lowest BCUT2D eigenvalue weighted by Crippen LogP contribution is -2.13. The molecule has 21 heavy (non-hydrogen) atoms. The molecule has 0 aromatic heterocycles. The third kappa shape index (κ3) is 5.78. The van der Waals surface area contributed by atoms with Gasteiger partial charge in [0.1, 0.15) is 0 Å². The van der Waals surface area contributed by atoms with Crippen molar-refractivity contribution in [3.05, 3.63) is 34.9 Å². The number of aryl methyl sites for hydroxylation is 1. The maximum Gasteiger partial charge on any atom is 0.417 e. The fraction of sp³-hybridized carbons (Fsp3) is 0.562. The summed E-state index contributed by atoms with van der Waals surface area (Å²) >= 11 is 0. The molecule has 0 spiro atoms. The number of alkyl halides is 3. The number of hydrogen-bond acceptors (Lipinski definition) is 1. The van der Waals surface area contributed by atoms with Crippen LogP contribution in [0.2, 0.25) is 0 Å². The second-order valence-corrected chi connectivity index (χ2v) is 5.20. The monoisotopic (exact) mass is 302 g/mol. The number of rotatable bonds is 8. The van der Waals surface area contributed by atoms with Crippen LogP contribution in [-0.4, -0.2) is 11.1 Å². The van der Waals surface area contributed by atoms with Crippen LogP contribution in [0.1, 0.15) is 66.9 Å².